The molecule has 0 heterocycles. The number of aliphatic hydroxyl groups excluding tert-OH is 2. The maximum Gasteiger partial charge on any atom is 0.328 e. The van der Waals surface area contributed by atoms with Crippen LogP contribution in [0.1, 0.15) is 40.5 Å². The average molecular weight is 465 g/mol. The van der Waals surface area contributed by atoms with Crippen molar-refractivity contribution in [1.82, 2.24) is 16.0 Å². The molecule has 11 nitrogen and oxygen atoms in total. The summed E-state index contributed by atoms with van der Waals surface area (Å²) in [6.45, 7) is 6.28. The second kappa shape index (κ2) is 14.2. The summed E-state index contributed by atoms with van der Waals surface area (Å²) < 4.78 is 0. The summed E-state index contributed by atoms with van der Waals surface area (Å²) in [5.74, 6) is -2.99. The number of hydrogen-bond donors (Lipinski definition) is 7. The Morgan fingerprint density at radius 3 is 1.81 bits per heavy atom. The maximum absolute atomic E-state index is 12.9. The van der Waals surface area contributed by atoms with Crippen LogP contribution in [0, 0.1) is 5.92 Å². The summed E-state index contributed by atoms with van der Waals surface area (Å²) in [5, 5.41) is 35.5. The standard InChI is InChI=1S/C19H36N4O7S/c1-9(2)8-13(22-18(28)14(20)10(3)24)17(27)21-12(6-7-31-5)16(26)23-15(11(4)25)19(29)30/h9-15,24-25H,6-8,20H2,1-5H3,(H,21,27)(H,22,28)(H,23,26)(H,29,30). The van der Waals surface area contributed by atoms with Crippen molar-refractivity contribution in [2.24, 2.45) is 11.7 Å². The zero-order valence-electron chi connectivity index (χ0n) is 18.6. The minimum atomic E-state index is -1.53. The first-order valence-electron chi connectivity index (χ1n) is 10.1. The molecule has 0 aliphatic rings. The Hall–Kier alpha value is -1.89. The molecule has 0 aromatic carbocycles. The lowest BCUT2D eigenvalue weighted by molar-refractivity contribution is -0.145. The first kappa shape index (κ1) is 29.1. The number of carboxylic acids is 1. The Bertz CT molecular complexity index is 616. The van der Waals surface area contributed by atoms with E-state index in [0.29, 0.717) is 5.75 Å². The predicted molar refractivity (Wildman–Crippen MR) is 117 cm³/mol. The first-order valence-corrected chi connectivity index (χ1v) is 11.5. The molecule has 180 valence electrons. The second-order valence-corrected chi connectivity index (χ2v) is 8.85. The van der Waals surface area contributed by atoms with Crippen LogP contribution in [-0.4, -0.2) is 87.4 Å². The molecule has 0 spiro atoms. The smallest absolute Gasteiger partial charge is 0.328 e. The second-order valence-electron chi connectivity index (χ2n) is 7.86. The lowest BCUT2D eigenvalue weighted by atomic mass is 10.0. The minimum Gasteiger partial charge on any atom is -0.480 e. The van der Waals surface area contributed by atoms with Gasteiger partial charge in [-0.05, 0) is 44.6 Å². The number of carboxylic acid groups (broad SMARTS) is 1. The van der Waals surface area contributed by atoms with Gasteiger partial charge >= 0.3 is 5.97 Å². The summed E-state index contributed by atoms with van der Waals surface area (Å²) >= 11 is 1.43. The van der Waals surface area contributed by atoms with Crippen molar-refractivity contribution in [3.8, 4) is 0 Å². The van der Waals surface area contributed by atoms with Crippen LogP contribution in [0.2, 0.25) is 0 Å². The number of aliphatic carboxylic acids is 1. The van der Waals surface area contributed by atoms with E-state index in [-0.39, 0.29) is 18.8 Å². The number of aliphatic hydroxyl groups is 2. The number of nitrogens with one attached hydrogen (secondary N) is 3. The lowest BCUT2D eigenvalue weighted by Crippen LogP contribution is -2.59. The van der Waals surface area contributed by atoms with E-state index >= 15 is 0 Å². The van der Waals surface area contributed by atoms with Crippen molar-refractivity contribution in [3.63, 3.8) is 0 Å². The topological polar surface area (TPSA) is 191 Å². The molecule has 0 saturated carbocycles. The highest BCUT2D eigenvalue weighted by Crippen LogP contribution is 2.08. The number of rotatable bonds is 14. The van der Waals surface area contributed by atoms with E-state index in [9.17, 15) is 29.4 Å². The average Bonchev–Trinajstić information content (AvgIpc) is 2.66. The highest BCUT2D eigenvalue weighted by molar-refractivity contribution is 7.98. The molecule has 0 aromatic heterocycles. The highest BCUT2D eigenvalue weighted by atomic mass is 32.2. The van der Waals surface area contributed by atoms with Crippen molar-refractivity contribution in [1.29, 1.82) is 0 Å². The predicted octanol–water partition coefficient (Wildman–Crippen LogP) is -1.59. The van der Waals surface area contributed by atoms with Gasteiger partial charge in [-0.3, -0.25) is 14.4 Å². The van der Waals surface area contributed by atoms with Gasteiger partial charge in [-0.25, -0.2) is 4.79 Å². The Morgan fingerprint density at radius 2 is 1.39 bits per heavy atom. The Kier molecular flexibility index (Phi) is 13.4. The van der Waals surface area contributed by atoms with E-state index in [1.54, 1.807) is 0 Å². The first-order chi connectivity index (χ1) is 14.3. The van der Waals surface area contributed by atoms with E-state index in [4.69, 9.17) is 10.8 Å². The van der Waals surface area contributed by atoms with Gasteiger partial charge in [0, 0.05) is 0 Å². The molecule has 31 heavy (non-hydrogen) atoms. The van der Waals surface area contributed by atoms with Crippen LogP contribution < -0.4 is 21.7 Å². The lowest BCUT2D eigenvalue weighted by Gasteiger charge is -2.26. The summed E-state index contributed by atoms with van der Waals surface area (Å²) in [6, 6.07) is -4.83. The van der Waals surface area contributed by atoms with Gasteiger partial charge in [-0.15, -0.1) is 0 Å². The molecule has 0 aliphatic heterocycles. The van der Waals surface area contributed by atoms with Crippen molar-refractivity contribution in [3.05, 3.63) is 0 Å². The van der Waals surface area contributed by atoms with Crippen LogP contribution in [0.15, 0.2) is 0 Å². The summed E-state index contributed by atoms with van der Waals surface area (Å²) in [7, 11) is 0. The van der Waals surface area contributed by atoms with Gasteiger partial charge in [0.15, 0.2) is 6.04 Å². The summed E-state index contributed by atoms with van der Waals surface area (Å²) in [6.07, 6.45) is -0.178. The molecule has 0 saturated heterocycles. The number of amides is 3. The molecule has 8 N–H and O–H groups in total. The SMILES string of the molecule is CSCCC(NC(=O)C(CC(C)C)NC(=O)C(N)C(C)O)C(=O)NC(C(=O)O)C(C)O. The van der Waals surface area contributed by atoms with E-state index in [1.807, 2.05) is 20.1 Å². The fraction of sp³-hybridized carbons (Fsp3) is 0.789. The molecule has 0 aliphatic carbocycles. The molecule has 6 atom stereocenters. The molecule has 0 bridgehead atoms. The molecule has 3 amide bonds. The zero-order valence-corrected chi connectivity index (χ0v) is 19.4. The van der Waals surface area contributed by atoms with Crippen LogP contribution in [0.3, 0.4) is 0 Å². The molecular weight excluding hydrogens is 428 g/mol. The van der Waals surface area contributed by atoms with Crippen LogP contribution >= 0.6 is 11.8 Å². The van der Waals surface area contributed by atoms with Crippen molar-refractivity contribution >= 4 is 35.5 Å². The molecule has 6 unspecified atom stereocenters. The largest absolute Gasteiger partial charge is 0.480 e. The normalized spacial score (nSPS) is 17.1. The van der Waals surface area contributed by atoms with Gasteiger partial charge in [0.25, 0.3) is 0 Å². The quantitative estimate of drug-likeness (QED) is 0.159. The van der Waals surface area contributed by atoms with Gasteiger partial charge in [-0.1, -0.05) is 13.8 Å². The fourth-order valence-electron chi connectivity index (χ4n) is 2.61. The van der Waals surface area contributed by atoms with Crippen molar-refractivity contribution in [2.45, 2.75) is 76.9 Å². The summed E-state index contributed by atoms with van der Waals surface area (Å²) in [5.41, 5.74) is 5.63. The Balaban J connectivity index is 5.46. The van der Waals surface area contributed by atoms with Gasteiger partial charge in [-0.2, -0.15) is 11.8 Å². The molecule has 0 aromatic rings. The number of nitrogens with two attached hydrogens (primary N) is 1. The number of hydrogen-bond acceptors (Lipinski definition) is 8. The summed E-state index contributed by atoms with van der Waals surface area (Å²) in [4.78, 5) is 49.0. The van der Waals surface area contributed by atoms with Crippen LogP contribution in [0.5, 0.6) is 0 Å². The van der Waals surface area contributed by atoms with Crippen LogP contribution in [0.25, 0.3) is 0 Å². The third-order valence-corrected chi connectivity index (χ3v) is 5.10. The maximum atomic E-state index is 12.9. The Morgan fingerprint density at radius 1 is 0.871 bits per heavy atom. The van der Waals surface area contributed by atoms with Gasteiger partial charge in [0.1, 0.15) is 18.1 Å². The number of carbonyl (C=O) groups excluding carboxylic acids is 3. The van der Waals surface area contributed by atoms with Crippen molar-refractivity contribution in [2.75, 3.05) is 12.0 Å². The molecule has 12 heteroatoms. The third-order valence-electron chi connectivity index (χ3n) is 4.45. The van der Waals surface area contributed by atoms with E-state index in [0.717, 1.165) is 0 Å². The van der Waals surface area contributed by atoms with E-state index in [2.05, 4.69) is 16.0 Å². The number of thioether (sulfide) groups is 1. The molecule has 0 radical (unpaired) electrons. The van der Waals surface area contributed by atoms with Crippen LogP contribution in [-0.2, 0) is 19.2 Å². The van der Waals surface area contributed by atoms with E-state index in [1.165, 1.54) is 25.6 Å². The molecular formula is C19H36N4O7S. The van der Waals surface area contributed by atoms with Gasteiger partial charge in [0.05, 0.1) is 12.2 Å². The monoisotopic (exact) mass is 464 g/mol. The minimum absolute atomic E-state index is 0.0175. The molecule has 0 rings (SSSR count). The number of carbonyl (C=O) groups is 4. The molecule has 0 fully saturated rings. The van der Waals surface area contributed by atoms with Gasteiger partial charge in [0.2, 0.25) is 17.7 Å². The Labute approximate surface area is 186 Å². The van der Waals surface area contributed by atoms with Crippen LogP contribution in [0.4, 0.5) is 0 Å². The highest BCUT2D eigenvalue weighted by Gasteiger charge is 2.32. The van der Waals surface area contributed by atoms with E-state index < -0.39 is 60.1 Å². The third kappa shape index (κ3) is 10.8. The fourth-order valence-corrected chi connectivity index (χ4v) is 3.08. The zero-order chi connectivity index (χ0) is 24.3. The van der Waals surface area contributed by atoms with Crippen molar-refractivity contribution < 1.29 is 34.5 Å². The van der Waals surface area contributed by atoms with Gasteiger partial charge < -0.3 is 37.0 Å².